The Bertz CT molecular complexity index is 332. The van der Waals surface area contributed by atoms with Crippen LogP contribution in [0.25, 0.3) is 0 Å². The Labute approximate surface area is 98.1 Å². The molecule has 0 aliphatic heterocycles. The maximum atomic E-state index is 11.3. The number of rotatable bonds is 3. The van der Waals surface area contributed by atoms with E-state index in [2.05, 4.69) is 0 Å². The zero-order chi connectivity index (χ0) is 10.4. The Morgan fingerprint density at radius 2 is 2.00 bits per heavy atom. The highest BCUT2D eigenvalue weighted by atomic mass is 35.5. The van der Waals surface area contributed by atoms with Gasteiger partial charge in [-0.3, -0.25) is 11.1 Å². The van der Waals surface area contributed by atoms with Gasteiger partial charge in [-0.15, -0.1) is 0 Å². The van der Waals surface area contributed by atoms with Crippen LogP contribution in [0.3, 0.4) is 0 Å². The van der Waals surface area contributed by atoms with Crippen molar-refractivity contribution in [1.82, 2.24) is 0 Å². The van der Waals surface area contributed by atoms with Crippen LogP contribution in [-0.4, -0.2) is 17.1 Å². The summed E-state index contributed by atoms with van der Waals surface area (Å²) in [7, 11) is 0. The Balaban J connectivity index is 0.00000196. The van der Waals surface area contributed by atoms with E-state index in [1.54, 1.807) is 24.3 Å². The van der Waals surface area contributed by atoms with Gasteiger partial charge in [0, 0.05) is 11.8 Å². The number of ether oxygens (including phenoxy) is 1. The van der Waals surface area contributed by atoms with Crippen LogP contribution in [0.4, 0.5) is 0 Å². The Morgan fingerprint density at radius 1 is 1.40 bits per heavy atom. The van der Waals surface area contributed by atoms with Gasteiger partial charge in [-0.1, -0.05) is 18.2 Å². The number of thioether (sulfide) groups is 1. The molecule has 4 N–H and O–H groups in total. The molecular weight excluding hydrogens is 236 g/mol. The van der Waals surface area contributed by atoms with Crippen molar-refractivity contribution in [3.63, 3.8) is 0 Å². The van der Waals surface area contributed by atoms with E-state index in [9.17, 15) is 4.79 Å². The number of amidine groups is 1. The Morgan fingerprint density at radius 3 is 2.53 bits per heavy atom. The molecule has 0 aliphatic rings. The fraction of sp³-hybridized carbons (Fsp3) is 0.111. The Hall–Kier alpha value is -1.20. The van der Waals surface area contributed by atoms with Gasteiger partial charge >= 0.3 is 11.1 Å². The van der Waals surface area contributed by atoms with Gasteiger partial charge in [0.15, 0.2) is 0 Å². The lowest BCUT2D eigenvalue weighted by molar-refractivity contribution is -0.110. The second-order valence-electron chi connectivity index (χ2n) is 2.46. The predicted molar refractivity (Wildman–Crippen MR) is 55.4 cm³/mol. The third kappa shape index (κ3) is 5.29. The molecule has 0 aromatic heterocycles. The van der Waals surface area contributed by atoms with Crippen molar-refractivity contribution in [3.05, 3.63) is 35.9 Å². The molecule has 0 aliphatic carbocycles. The topological polar surface area (TPSA) is 77.9 Å². The van der Waals surface area contributed by atoms with E-state index in [0.717, 1.165) is 11.8 Å². The molecule has 0 fully saturated rings. The van der Waals surface area contributed by atoms with E-state index in [1.807, 2.05) is 6.07 Å². The average Bonchev–Trinajstić information content (AvgIpc) is 2.18. The average molecular weight is 247 g/mol. The van der Waals surface area contributed by atoms with Crippen LogP contribution in [0.1, 0.15) is 10.4 Å². The number of carbonyl (C=O) groups is 1. The molecule has 4 nitrogen and oxygen atoms in total. The number of halogens is 1. The van der Waals surface area contributed by atoms with Gasteiger partial charge in [0.1, 0.15) is 5.94 Å². The van der Waals surface area contributed by atoms with Crippen LogP contribution in [0.2, 0.25) is 0 Å². The highest BCUT2D eigenvalue weighted by molar-refractivity contribution is 8.13. The van der Waals surface area contributed by atoms with Gasteiger partial charge in [-0.25, -0.2) is 4.79 Å². The molecule has 0 saturated carbocycles. The molecule has 0 heterocycles. The molecule has 0 saturated heterocycles. The van der Waals surface area contributed by atoms with Crippen molar-refractivity contribution in [2.24, 2.45) is 5.73 Å². The smallest absolute Gasteiger partial charge is 0.338 e. The summed E-state index contributed by atoms with van der Waals surface area (Å²) in [5.74, 6) is -0.241. The number of carbonyl (C=O) groups excluding carboxylic acids is 1. The minimum absolute atomic E-state index is 0. The summed E-state index contributed by atoms with van der Waals surface area (Å²) in [5.41, 5.74) is 5.70. The normalized spacial score (nSPS) is 8.80. The molecule has 82 valence electrons. The number of esters is 1. The molecule has 6 heteroatoms. The highest BCUT2D eigenvalue weighted by Gasteiger charge is 2.06. The zero-order valence-electron chi connectivity index (χ0n) is 7.85. The predicted octanol–water partition coefficient (Wildman–Crippen LogP) is -3.39. The van der Waals surface area contributed by atoms with Crippen LogP contribution in [0.5, 0.6) is 0 Å². The first kappa shape index (κ1) is 13.8. The standard InChI is InChI=1S/C9H10N2O2S.ClH/c10-9(11)14-6-13-8(12)7-4-2-1-3-5-7;/h1-5H,6H2,(H3,10,11);1H. The van der Waals surface area contributed by atoms with Crippen molar-refractivity contribution >= 4 is 22.9 Å². The number of hydrogen-bond donors (Lipinski definition) is 2. The fourth-order valence-corrected chi connectivity index (χ4v) is 1.11. The summed E-state index contributed by atoms with van der Waals surface area (Å²) >= 11 is 1.08. The van der Waals surface area contributed by atoms with Crippen molar-refractivity contribution in [3.8, 4) is 0 Å². The number of nitrogens with two attached hydrogens (primary N) is 2. The van der Waals surface area contributed by atoms with E-state index in [0.29, 0.717) is 5.56 Å². The molecule has 0 atom stereocenters. The van der Waals surface area contributed by atoms with Gasteiger partial charge in [0.05, 0.1) is 5.56 Å². The van der Waals surface area contributed by atoms with Crippen molar-refractivity contribution in [1.29, 1.82) is 0 Å². The van der Waals surface area contributed by atoms with Crippen LogP contribution in [-0.2, 0) is 4.74 Å². The summed E-state index contributed by atoms with van der Waals surface area (Å²) in [5, 5.41) is 5.37. The second-order valence-corrected chi connectivity index (χ2v) is 3.46. The molecule has 0 unspecified atom stereocenters. The third-order valence-electron chi connectivity index (χ3n) is 1.43. The summed E-state index contributed by atoms with van der Waals surface area (Å²) in [6, 6.07) is 8.74. The highest BCUT2D eigenvalue weighted by Crippen LogP contribution is 2.04. The lowest BCUT2D eigenvalue weighted by Crippen LogP contribution is -3.00. The lowest BCUT2D eigenvalue weighted by atomic mass is 10.2. The molecule has 0 radical (unpaired) electrons. The lowest BCUT2D eigenvalue weighted by Gasteiger charge is -2.01. The second kappa shape index (κ2) is 7.14. The van der Waals surface area contributed by atoms with Crippen LogP contribution < -0.4 is 23.5 Å². The van der Waals surface area contributed by atoms with Crippen molar-refractivity contribution in [2.45, 2.75) is 0 Å². The van der Waals surface area contributed by atoms with E-state index in [4.69, 9.17) is 15.9 Å². The maximum absolute atomic E-state index is 11.3. The molecule has 0 amide bonds. The SMILES string of the molecule is NC(=[NH2+])SCOC(=O)c1ccccc1.[Cl-]. The first-order valence-electron chi connectivity index (χ1n) is 3.93. The summed E-state index contributed by atoms with van der Waals surface area (Å²) in [4.78, 5) is 11.3. The number of benzene rings is 1. The number of hydrogen-bond acceptors (Lipinski definition) is 3. The molecule has 0 bridgehead atoms. The van der Waals surface area contributed by atoms with E-state index in [-0.39, 0.29) is 29.5 Å². The van der Waals surface area contributed by atoms with Gasteiger partial charge in [-0.05, 0) is 12.1 Å². The van der Waals surface area contributed by atoms with Gasteiger partial charge in [0.25, 0.3) is 0 Å². The zero-order valence-corrected chi connectivity index (χ0v) is 9.42. The minimum Gasteiger partial charge on any atom is -1.00 e. The molecule has 1 rings (SSSR count). The van der Waals surface area contributed by atoms with Gasteiger partial charge in [0.2, 0.25) is 0 Å². The third-order valence-corrected chi connectivity index (χ3v) is 1.99. The maximum Gasteiger partial charge on any atom is 0.338 e. The molecule has 1 aromatic rings. The van der Waals surface area contributed by atoms with Crippen molar-refractivity contribution in [2.75, 3.05) is 5.94 Å². The van der Waals surface area contributed by atoms with Gasteiger partial charge in [-0.2, -0.15) is 0 Å². The molecular formula is C9H11ClN2O2S. The molecule has 15 heavy (non-hydrogen) atoms. The summed E-state index contributed by atoms with van der Waals surface area (Å²) in [6.07, 6.45) is 0. The van der Waals surface area contributed by atoms with Crippen LogP contribution in [0.15, 0.2) is 30.3 Å². The monoisotopic (exact) mass is 246 g/mol. The molecule has 1 aromatic carbocycles. The first-order chi connectivity index (χ1) is 6.70. The quantitative estimate of drug-likeness (QED) is 0.252. The first-order valence-corrected chi connectivity index (χ1v) is 4.91. The van der Waals surface area contributed by atoms with Crippen LogP contribution >= 0.6 is 11.8 Å². The van der Waals surface area contributed by atoms with Crippen LogP contribution in [0, 0.1) is 0 Å². The summed E-state index contributed by atoms with van der Waals surface area (Å²) < 4.78 is 4.88. The van der Waals surface area contributed by atoms with Gasteiger partial charge < -0.3 is 17.1 Å². The van der Waals surface area contributed by atoms with Crippen molar-refractivity contribution < 1.29 is 27.3 Å². The minimum atomic E-state index is -0.376. The van der Waals surface area contributed by atoms with E-state index >= 15 is 0 Å². The van der Waals surface area contributed by atoms with E-state index in [1.165, 1.54) is 0 Å². The molecule has 0 spiro atoms. The fourth-order valence-electron chi connectivity index (χ4n) is 0.809. The Kier molecular flexibility index (Phi) is 6.57. The summed E-state index contributed by atoms with van der Waals surface area (Å²) in [6.45, 7) is 0. The van der Waals surface area contributed by atoms with E-state index < -0.39 is 0 Å². The largest absolute Gasteiger partial charge is 1.00 e.